The summed E-state index contributed by atoms with van der Waals surface area (Å²) >= 11 is 3.45. The normalized spacial score (nSPS) is 11.1. The lowest BCUT2D eigenvalue weighted by Crippen LogP contribution is -2.24. The molecule has 0 aliphatic rings. The maximum atomic E-state index is 12.7. The molecule has 0 atom stereocenters. The predicted molar refractivity (Wildman–Crippen MR) is 124 cm³/mol. The van der Waals surface area contributed by atoms with E-state index in [1.54, 1.807) is 4.68 Å². The topological polar surface area (TPSA) is 85.8 Å². The van der Waals surface area contributed by atoms with Crippen molar-refractivity contribution in [3.05, 3.63) is 94.2 Å². The maximum absolute atomic E-state index is 12.7. The van der Waals surface area contributed by atoms with Crippen LogP contribution in [0.15, 0.2) is 81.8 Å². The van der Waals surface area contributed by atoms with Crippen LogP contribution in [0.2, 0.25) is 0 Å². The highest BCUT2D eigenvalue weighted by Crippen LogP contribution is 2.31. The van der Waals surface area contributed by atoms with E-state index < -0.39 is 0 Å². The molecule has 1 N–H and O–H groups in total. The van der Waals surface area contributed by atoms with Gasteiger partial charge in [-0.3, -0.25) is 4.79 Å². The van der Waals surface area contributed by atoms with Crippen LogP contribution in [0.25, 0.3) is 27.9 Å². The lowest BCUT2D eigenvalue weighted by Gasteiger charge is -2.06. The Bertz CT molecular complexity index is 1410. The third kappa shape index (κ3) is 3.80. The summed E-state index contributed by atoms with van der Waals surface area (Å²) in [5.74, 6) is 0.409. The first-order valence-corrected chi connectivity index (χ1v) is 10.8. The minimum atomic E-state index is -0.265. The molecule has 0 aliphatic carbocycles. The molecule has 0 saturated carbocycles. The van der Waals surface area contributed by atoms with Crippen LogP contribution < -0.4 is 5.32 Å². The zero-order valence-corrected chi connectivity index (χ0v) is 18.7. The lowest BCUT2D eigenvalue weighted by molar-refractivity contribution is 0.0945. The van der Waals surface area contributed by atoms with E-state index in [1.807, 2.05) is 79.7 Å². The first-order chi connectivity index (χ1) is 15.6. The highest BCUT2D eigenvalue weighted by molar-refractivity contribution is 9.10. The largest absolute Gasteiger partial charge is 0.355 e. The second-order valence-electron chi connectivity index (χ2n) is 7.32. The number of amides is 1. The molecule has 3 aromatic carbocycles. The van der Waals surface area contributed by atoms with Gasteiger partial charge in [0.25, 0.3) is 5.91 Å². The number of hydrogen-bond acceptors (Lipinski definition) is 5. The molecule has 5 rings (SSSR count). The summed E-state index contributed by atoms with van der Waals surface area (Å²) < 4.78 is 8.24. The summed E-state index contributed by atoms with van der Waals surface area (Å²) in [6.45, 7) is 2.25. The fourth-order valence-electron chi connectivity index (χ4n) is 3.52. The fourth-order valence-corrected chi connectivity index (χ4v) is 3.78. The molecule has 0 saturated heterocycles. The van der Waals surface area contributed by atoms with Crippen LogP contribution in [-0.2, 0) is 6.54 Å². The standard InChI is InChI=1S/C24H18BrN5O2/c1-15-22(24(31)26-14-16-5-3-2-4-6-16)27-29-30(15)19-11-12-21-20(13-19)23(32-28-21)17-7-9-18(25)10-8-17/h2-13H,14H2,1H3,(H,26,31). The first kappa shape index (κ1) is 20.1. The van der Waals surface area contributed by atoms with Gasteiger partial charge in [-0.2, -0.15) is 0 Å². The Labute approximate surface area is 192 Å². The number of fused-ring (bicyclic) bond motifs is 1. The highest BCUT2D eigenvalue weighted by Gasteiger charge is 2.18. The van der Waals surface area contributed by atoms with Crippen LogP contribution in [0.3, 0.4) is 0 Å². The minimum absolute atomic E-state index is 0.265. The number of aromatic nitrogens is 4. The Morgan fingerprint density at radius 1 is 1.06 bits per heavy atom. The average Bonchev–Trinajstić information content (AvgIpc) is 3.42. The fraction of sp³-hybridized carbons (Fsp3) is 0.0833. The van der Waals surface area contributed by atoms with Gasteiger partial charge in [0.2, 0.25) is 0 Å². The van der Waals surface area contributed by atoms with Crippen LogP contribution in [-0.4, -0.2) is 26.1 Å². The number of benzene rings is 3. The third-order valence-corrected chi connectivity index (χ3v) is 5.75. The molecule has 0 fully saturated rings. The zero-order chi connectivity index (χ0) is 22.1. The molecule has 8 heteroatoms. The van der Waals surface area contributed by atoms with E-state index in [9.17, 15) is 4.79 Å². The summed E-state index contributed by atoms with van der Waals surface area (Å²) in [6.07, 6.45) is 0. The van der Waals surface area contributed by atoms with Crippen molar-refractivity contribution in [1.29, 1.82) is 0 Å². The molecular weight excluding hydrogens is 470 g/mol. The molecule has 2 heterocycles. The number of nitrogens with one attached hydrogen (secondary N) is 1. The molecule has 158 valence electrons. The zero-order valence-electron chi connectivity index (χ0n) is 17.1. The molecule has 0 radical (unpaired) electrons. The molecule has 0 bridgehead atoms. The van der Waals surface area contributed by atoms with Gasteiger partial charge in [-0.15, -0.1) is 5.10 Å². The Morgan fingerprint density at radius 2 is 1.84 bits per heavy atom. The van der Waals surface area contributed by atoms with Gasteiger partial charge in [0.05, 0.1) is 16.8 Å². The molecule has 0 aliphatic heterocycles. The van der Waals surface area contributed by atoms with E-state index in [-0.39, 0.29) is 5.91 Å². The summed E-state index contributed by atoms with van der Waals surface area (Å²) in [5.41, 5.74) is 4.39. The molecule has 0 unspecified atom stereocenters. The van der Waals surface area contributed by atoms with E-state index >= 15 is 0 Å². The average molecular weight is 488 g/mol. The number of carbonyl (C=O) groups excluding carboxylic acids is 1. The highest BCUT2D eigenvalue weighted by atomic mass is 79.9. The number of rotatable bonds is 5. The second-order valence-corrected chi connectivity index (χ2v) is 8.24. The summed E-state index contributed by atoms with van der Waals surface area (Å²) in [7, 11) is 0. The van der Waals surface area contributed by atoms with Gasteiger partial charge in [0.1, 0.15) is 5.52 Å². The molecular formula is C24H18BrN5O2. The van der Waals surface area contributed by atoms with Crippen molar-refractivity contribution in [2.75, 3.05) is 0 Å². The van der Waals surface area contributed by atoms with E-state index in [0.29, 0.717) is 23.7 Å². The van der Waals surface area contributed by atoms with Gasteiger partial charge in [-0.05, 0) is 55.0 Å². The van der Waals surface area contributed by atoms with Crippen molar-refractivity contribution in [2.45, 2.75) is 13.5 Å². The van der Waals surface area contributed by atoms with Crippen molar-refractivity contribution < 1.29 is 9.32 Å². The van der Waals surface area contributed by atoms with Gasteiger partial charge >= 0.3 is 0 Å². The smallest absolute Gasteiger partial charge is 0.274 e. The van der Waals surface area contributed by atoms with Crippen molar-refractivity contribution >= 4 is 32.7 Å². The lowest BCUT2D eigenvalue weighted by atomic mass is 10.1. The van der Waals surface area contributed by atoms with Crippen molar-refractivity contribution in [1.82, 2.24) is 25.5 Å². The van der Waals surface area contributed by atoms with Crippen LogP contribution in [0.1, 0.15) is 21.7 Å². The molecule has 5 aromatic rings. The number of nitrogens with zero attached hydrogens (tertiary/aromatic N) is 4. The monoisotopic (exact) mass is 487 g/mol. The molecule has 0 spiro atoms. The maximum Gasteiger partial charge on any atom is 0.274 e. The van der Waals surface area contributed by atoms with Gasteiger partial charge in [-0.1, -0.05) is 56.6 Å². The van der Waals surface area contributed by atoms with Crippen LogP contribution in [0.5, 0.6) is 0 Å². The van der Waals surface area contributed by atoms with Crippen molar-refractivity contribution in [3.8, 4) is 17.0 Å². The first-order valence-electron chi connectivity index (χ1n) is 10.0. The molecule has 1 amide bonds. The van der Waals surface area contributed by atoms with Crippen LogP contribution >= 0.6 is 15.9 Å². The van der Waals surface area contributed by atoms with E-state index in [1.165, 1.54) is 0 Å². The number of hydrogen-bond donors (Lipinski definition) is 1. The number of halogens is 1. The quantitative estimate of drug-likeness (QED) is 0.373. The predicted octanol–water partition coefficient (Wildman–Crippen LogP) is 5.08. The molecule has 2 aromatic heterocycles. The SMILES string of the molecule is Cc1c(C(=O)NCc2ccccc2)nnn1-c1ccc2noc(-c3ccc(Br)cc3)c2c1. The third-order valence-electron chi connectivity index (χ3n) is 5.22. The summed E-state index contributed by atoms with van der Waals surface area (Å²) in [4.78, 5) is 12.7. The Kier molecular flexibility index (Phi) is 5.28. The van der Waals surface area contributed by atoms with Gasteiger partial charge < -0.3 is 9.84 Å². The van der Waals surface area contributed by atoms with Crippen LogP contribution in [0, 0.1) is 6.92 Å². The van der Waals surface area contributed by atoms with Crippen molar-refractivity contribution in [2.24, 2.45) is 0 Å². The van der Waals surface area contributed by atoms with Crippen molar-refractivity contribution in [3.63, 3.8) is 0 Å². The Balaban J connectivity index is 1.44. The van der Waals surface area contributed by atoms with Gasteiger partial charge in [-0.25, -0.2) is 4.68 Å². The summed E-state index contributed by atoms with van der Waals surface area (Å²) in [5, 5.41) is 16.3. The van der Waals surface area contributed by atoms with E-state index in [2.05, 4.69) is 36.7 Å². The van der Waals surface area contributed by atoms with E-state index in [0.717, 1.165) is 32.2 Å². The second kappa shape index (κ2) is 8.39. The van der Waals surface area contributed by atoms with E-state index in [4.69, 9.17) is 4.52 Å². The van der Waals surface area contributed by atoms with Crippen LogP contribution in [0.4, 0.5) is 0 Å². The molecule has 7 nitrogen and oxygen atoms in total. The summed E-state index contributed by atoms with van der Waals surface area (Å²) in [6, 6.07) is 23.3. The van der Waals surface area contributed by atoms with Gasteiger partial charge in [0.15, 0.2) is 11.5 Å². The number of carbonyl (C=O) groups is 1. The van der Waals surface area contributed by atoms with Gasteiger partial charge in [0, 0.05) is 16.6 Å². The molecule has 32 heavy (non-hydrogen) atoms. The Hall–Kier alpha value is -3.78. The minimum Gasteiger partial charge on any atom is -0.355 e. The Morgan fingerprint density at radius 3 is 2.62 bits per heavy atom.